The fourth-order valence-corrected chi connectivity index (χ4v) is 2.89. The van der Waals surface area contributed by atoms with Crippen LogP contribution in [0.5, 0.6) is 0 Å². The summed E-state index contributed by atoms with van der Waals surface area (Å²) < 4.78 is 32.5. The van der Waals surface area contributed by atoms with Gasteiger partial charge in [0.2, 0.25) is 0 Å². The summed E-state index contributed by atoms with van der Waals surface area (Å²) in [5.41, 5.74) is 0. The highest BCUT2D eigenvalue weighted by Gasteiger charge is 2.52. The topological polar surface area (TPSA) is 124 Å². The van der Waals surface area contributed by atoms with E-state index in [2.05, 4.69) is 6.58 Å². The van der Waals surface area contributed by atoms with Gasteiger partial charge in [-0.15, -0.1) is 6.58 Å². The van der Waals surface area contributed by atoms with Crippen molar-refractivity contribution in [1.29, 1.82) is 0 Å². The van der Waals surface area contributed by atoms with E-state index in [-0.39, 0.29) is 13.2 Å². The van der Waals surface area contributed by atoms with Crippen molar-refractivity contribution in [2.45, 2.75) is 71.2 Å². The normalized spacial score (nSPS) is 25.5. The second kappa shape index (κ2) is 13.6. The molecule has 5 unspecified atom stereocenters. The summed E-state index contributed by atoms with van der Waals surface area (Å²) in [6.45, 7) is 8.22. The number of hydrogen-bond donors (Lipinski definition) is 0. The Morgan fingerprint density at radius 1 is 0.839 bits per heavy atom. The van der Waals surface area contributed by atoms with Crippen LogP contribution in [0.1, 0.15) is 40.5 Å². The van der Waals surface area contributed by atoms with Gasteiger partial charge in [0.15, 0.2) is 24.6 Å². The lowest BCUT2D eigenvalue weighted by molar-refractivity contribution is -0.307. The van der Waals surface area contributed by atoms with Crippen molar-refractivity contribution in [3.63, 3.8) is 0 Å². The Bertz CT molecular complexity index is 671. The number of allylic oxidation sites excluding steroid dienone is 2. The highest BCUT2D eigenvalue weighted by Crippen LogP contribution is 2.30. The van der Waals surface area contributed by atoms with Gasteiger partial charge >= 0.3 is 23.9 Å². The van der Waals surface area contributed by atoms with Crippen LogP contribution in [0.25, 0.3) is 0 Å². The molecular weight excluding hydrogens is 412 g/mol. The summed E-state index contributed by atoms with van der Waals surface area (Å²) in [4.78, 5) is 46.4. The number of carbonyl (C=O) groups is 4. The summed E-state index contributed by atoms with van der Waals surface area (Å²) in [6, 6.07) is 0. The molecule has 0 saturated carbocycles. The number of hydrogen-bond acceptors (Lipinski definition) is 10. The molecule has 0 aromatic heterocycles. The van der Waals surface area contributed by atoms with Crippen LogP contribution < -0.4 is 0 Å². The molecule has 31 heavy (non-hydrogen) atoms. The van der Waals surface area contributed by atoms with Crippen LogP contribution in [-0.2, 0) is 47.6 Å². The van der Waals surface area contributed by atoms with E-state index in [1.54, 1.807) is 6.08 Å². The van der Waals surface area contributed by atoms with Crippen molar-refractivity contribution in [3.8, 4) is 0 Å². The smallest absolute Gasteiger partial charge is 0.303 e. The molecule has 1 saturated heterocycles. The molecule has 0 radical (unpaired) electrons. The molecule has 0 N–H and O–H groups in total. The summed E-state index contributed by atoms with van der Waals surface area (Å²) in [7, 11) is 0. The minimum absolute atomic E-state index is 0.196. The van der Waals surface area contributed by atoms with Crippen LogP contribution in [0, 0.1) is 0 Å². The van der Waals surface area contributed by atoms with Gasteiger partial charge in [-0.2, -0.15) is 0 Å². The number of carbonyl (C=O) groups excluding carboxylic acids is 4. The number of esters is 4. The minimum atomic E-state index is -1.24. The first-order valence-corrected chi connectivity index (χ1v) is 9.83. The van der Waals surface area contributed by atoms with Gasteiger partial charge in [0, 0.05) is 27.7 Å². The van der Waals surface area contributed by atoms with Crippen LogP contribution in [0.2, 0.25) is 0 Å². The summed E-state index contributed by atoms with van der Waals surface area (Å²) in [5.74, 6) is -2.64. The van der Waals surface area contributed by atoms with Crippen LogP contribution in [-0.4, -0.2) is 67.8 Å². The van der Waals surface area contributed by atoms with Gasteiger partial charge in [-0.3, -0.25) is 19.2 Å². The van der Waals surface area contributed by atoms with E-state index in [9.17, 15) is 19.2 Å². The van der Waals surface area contributed by atoms with E-state index in [1.165, 1.54) is 13.8 Å². The first-order chi connectivity index (χ1) is 14.6. The van der Waals surface area contributed by atoms with Crippen molar-refractivity contribution in [1.82, 2.24) is 0 Å². The molecule has 0 spiro atoms. The first-order valence-electron chi connectivity index (χ1n) is 9.83. The average Bonchev–Trinajstić information content (AvgIpc) is 2.66. The molecule has 10 nitrogen and oxygen atoms in total. The maximum absolute atomic E-state index is 11.7. The number of ether oxygens (including phenoxy) is 6. The lowest BCUT2D eigenvalue weighted by Gasteiger charge is -2.44. The molecule has 5 atom stereocenters. The standard InChI is InChI=1S/C21H30O10/c1-6-7-8-9-10-11-26-21-20(30-16(5)25)19(29-15(4)24)18(28-14(3)23)17(31-21)12-27-13(2)22/h6,8-9,17-21H,1,7,10-12H2,2-5H3/b9-8+. The third-order valence-corrected chi connectivity index (χ3v) is 3.98. The summed E-state index contributed by atoms with van der Waals surface area (Å²) in [6.07, 6.45) is 0.945. The van der Waals surface area contributed by atoms with Crippen molar-refractivity contribution in [2.75, 3.05) is 13.2 Å². The zero-order valence-electron chi connectivity index (χ0n) is 18.2. The SMILES string of the molecule is C=CC/C=C/CCOC1OC(COC(C)=O)C(OC(C)=O)C(OC(C)=O)C1OC(C)=O. The second-order valence-corrected chi connectivity index (χ2v) is 6.72. The van der Waals surface area contributed by atoms with Crippen LogP contribution >= 0.6 is 0 Å². The molecule has 0 aromatic rings. The van der Waals surface area contributed by atoms with Gasteiger partial charge in [-0.25, -0.2) is 0 Å². The van der Waals surface area contributed by atoms with Gasteiger partial charge in [0.1, 0.15) is 12.7 Å². The lowest BCUT2D eigenvalue weighted by atomic mass is 9.98. The Morgan fingerprint density at radius 2 is 1.42 bits per heavy atom. The Hall–Kier alpha value is -2.72. The van der Waals surface area contributed by atoms with Crippen LogP contribution in [0.15, 0.2) is 24.8 Å². The highest BCUT2D eigenvalue weighted by atomic mass is 16.7. The summed E-state index contributed by atoms with van der Waals surface area (Å²) in [5, 5.41) is 0. The molecule has 0 aromatic carbocycles. The maximum Gasteiger partial charge on any atom is 0.303 e. The fraction of sp³-hybridized carbons (Fsp3) is 0.619. The molecule has 1 heterocycles. The molecule has 1 fully saturated rings. The highest BCUT2D eigenvalue weighted by molar-refractivity contribution is 5.68. The lowest BCUT2D eigenvalue weighted by Crippen LogP contribution is -2.63. The zero-order chi connectivity index (χ0) is 23.4. The Morgan fingerprint density at radius 3 is 1.97 bits per heavy atom. The molecular formula is C21H30O10. The zero-order valence-corrected chi connectivity index (χ0v) is 18.2. The third kappa shape index (κ3) is 9.75. The van der Waals surface area contributed by atoms with Crippen LogP contribution in [0.3, 0.4) is 0 Å². The van der Waals surface area contributed by atoms with Gasteiger partial charge in [0.05, 0.1) is 6.61 Å². The molecule has 174 valence electrons. The van der Waals surface area contributed by atoms with Gasteiger partial charge < -0.3 is 28.4 Å². The largest absolute Gasteiger partial charge is 0.463 e. The predicted octanol–water partition coefficient (Wildman–Crippen LogP) is 1.61. The van der Waals surface area contributed by atoms with Gasteiger partial charge in [-0.1, -0.05) is 18.2 Å². The molecule has 1 aliphatic rings. The minimum Gasteiger partial charge on any atom is -0.463 e. The molecule has 10 heteroatoms. The molecule has 1 rings (SSSR count). The van der Waals surface area contributed by atoms with Crippen molar-refractivity contribution >= 4 is 23.9 Å². The van der Waals surface area contributed by atoms with Crippen molar-refractivity contribution < 1.29 is 47.6 Å². The van der Waals surface area contributed by atoms with E-state index in [0.29, 0.717) is 12.8 Å². The maximum atomic E-state index is 11.7. The average molecular weight is 442 g/mol. The molecule has 0 bridgehead atoms. The van der Waals surface area contributed by atoms with E-state index >= 15 is 0 Å². The predicted molar refractivity (Wildman–Crippen MR) is 106 cm³/mol. The molecule has 1 aliphatic heterocycles. The van der Waals surface area contributed by atoms with E-state index < -0.39 is 54.6 Å². The first kappa shape index (κ1) is 26.3. The van der Waals surface area contributed by atoms with Gasteiger partial charge in [-0.05, 0) is 12.8 Å². The monoisotopic (exact) mass is 442 g/mol. The van der Waals surface area contributed by atoms with Crippen molar-refractivity contribution in [3.05, 3.63) is 24.8 Å². The number of rotatable bonds is 11. The Kier molecular flexibility index (Phi) is 11.5. The van der Waals surface area contributed by atoms with E-state index in [0.717, 1.165) is 13.8 Å². The van der Waals surface area contributed by atoms with E-state index in [4.69, 9.17) is 28.4 Å². The molecule has 0 aliphatic carbocycles. The Labute approximate surface area is 181 Å². The second-order valence-electron chi connectivity index (χ2n) is 6.72. The van der Waals surface area contributed by atoms with E-state index in [1.807, 2.05) is 12.2 Å². The summed E-state index contributed by atoms with van der Waals surface area (Å²) >= 11 is 0. The fourth-order valence-electron chi connectivity index (χ4n) is 2.89. The van der Waals surface area contributed by atoms with Gasteiger partial charge in [0.25, 0.3) is 0 Å². The van der Waals surface area contributed by atoms with Crippen molar-refractivity contribution in [2.24, 2.45) is 0 Å². The third-order valence-electron chi connectivity index (χ3n) is 3.98. The molecule has 0 amide bonds. The quantitative estimate of drug-likeness (QED) is 0.202. The van der Waals surface area contributed by atoms with Crippen LogP contribution in [0.4, 0.5) is 0 Å². The Balaban J connectivity index is 3.14.